The second-order valence-corrected chi connectivity index (χ2v) is 6.70. The van der Waals surface area contributed by atoms with Gasteiger partial charge in [0.1, 0.15) is 10.6 Å². The van der Waals surface area contributed by atoms with Crippen LogP contribution in [0.25, 0.3) is 0 Å². The topological polar surface area (TPSA) is 93.7 Å². The number of methoxy groups -OCH3 is 1. The molecule has 2 amide bonds. The van der Waals surface area contributed by atoms with Gasteiger partial charge < -0.3 is 20.1 Å². The molecule has 0 saturated heterocycles. The molecule has 1 aromatic heterocycles. The van der Waals surface area contributed by atoms with Crippen molar-refractivity contribution in [3.05, 3.63) is 40.6 Å². The molecule has 1 aliphatic rings. The summed E-state index contributed by atoms with van der Waals surface area (Å²) in [6.45, 7) is -0.226. The highest BCUT2D eigenvalue weighted by atomic mass is 32.1. The van der Waals surface area contributed by atoms with Gasteiger partial charge in [0, 0.05) is 17.7 Å². The lowest BCUT2D eigenvalue weighted by Crippen LogP contribution is -2.21. The van der Waals surface area contributed by atoms with Crippen molar-refractivity contribution in [3.8, 4) is 5.75 Å². The molecule has 7 nitrogen and oxygen atoms in total. The first-order chi connectivity index (χ1) is 12.6. The van der Waals surface area contributed by atoms with Crippen LogP contribution in [-0.4, -0.2) is 31.5 Å². The third-order valence-corrected chi connectivity index (χ3v) is 4.62. The number of hydrogen-bond donors (Lipinski definition) is 2. The largest absolute Gasteiger partial charge is 0.484 e. The van der Waals surface area contributed by atoms with Crippen molar-refractivity contribution >= 4 is 40.5 Å². The van der Waals surface area contributed by atoms with Crippen molar-refractivity contribution in [2.24, 2.45) is 5.92 Å². The Hall–Kier alpha value is -2.87. The molecule has 3 rings (SSSR count). The van der Waals surface area contributed by atoms with Gasteiger partial charge in [-0.05, 0) is 36.4 Å². The fourth-order valence-electron chi connectivity index (χ4n) is 2.25. The van der Waals surface area contributed by atoms with Gasteiger partial charge >= 0.3 is 5.97 Å². The van der Waals surface area contributed by atoms with E-state index < -0.39 is 11.9 Å². The van der Waals surface area contributed by atoms with E-state index in [1.807, 2.05) is 0 Å². The molecule has 0 unspecified atom stereocenters. The Balaban J connectivity index is 1.54. The lowest BCUT2D eigenvalue weighted by Gasteiger charge is -2.09. The Morgan fingerprint density at radius 1 is 1.19 bits per heavy atom. The van der Waals surface area contributed by atoms with E-state index in [9.17, 15) is 14.4 Å². The number of esters is 1. The van der Waals surface area contributed by atoms with Gasteiger partial charge in [-0.15, -0.1) is 11.3 Å². The van der Waals surface area contributed by atoms with E-state index in [4.69, 9.17) is 4.74 Å². The number of nitrogens with one attached hydrogen (secondary N) is 2. The van der Waals surface area contributed by atoms with Gasteiger partial charge in [0.25, 0.3) is 5.91 Å². The predicted octanol–water partition coefficient (Wildman–Crippen LogP) is 2.90. The first-order valence-corrected chi connectivity index (χ1v) is 8.94. The summed E-state index contributed by atoms with van der Waals surface area (Å²) in [5.74, 6) is -0.323. The van der Waals surface area contributed by atoms with Crippen LogP contribution in [0.3, 0.4) is 0 Å². The Bertz CT molecular complexity index is 828. The molecule has 1 aromatic carbocycles. The van der Waals surface area contributed by atoms with Crippen LogP contribution in [-0.2, 0) is 14.3 Å². The SMILES string of the molecule is COC(=O)c1sccc1NC(=O)COc1cccc(NC(=O)C2CC2)c1. The van der Waals surface area contributed by atoms with Crippen molar-refractivity contribution < 1.29 is 23.9 Å². The Morgan fingerprint density at radius 2 is 2.00 bits per heavy atom. The molecule has 1 saturated carbocycles. The number of carbonyl (C=O) groups is 3. The molecule has 0 bridgehead atoms. The van der Waals surface area contributed by atoms with Gasteiger partial charge in [-0.25, -0.2) is 4.79 Å². The molecular formula is C18H18N2O5S. The summed E-state index contributed by atoms with van der Waals surface area (Å²) >= 11 is 1.18. The molecule has 0 spiro atoms. The monoisotopic (exact) mass is 374 g/mol. The van der Waals surface area contributed by atoms with E-state index in [0.717, 1.165) is 12.8 Å². The molecule has 26 heavy (non-hydrogen) atoms. The quantitative estimate of drug-likeness (QED) is 0.727. The maximum Gasteiger partial charge on any atom is 0.350 e. The van der Waals surface area contributed by atoms with Crippen molar-refractivity contribution in [2.75, 3.05) is 24.4 Å². The van der Waals surface area contributed by atoms with Gasteiger partial charge in [0.05, 0.1) is 12.8 Å². The molecule has 0 atom stereocenters. The van der Waals surface area contributed by atoms with Gasteiger partial charge in [-0.1, -0.05) is 6.07 Å². The molecule has 8 heteroatoms. The lowest BCUT2D eigenvalue weighted by molar-refractivity contribution is -0.118. The summed E-state index contributed by atoms with van der Waals surface area (Å²) < 4.78 is 10.1. The van der Waals surface area contributed by atoms with E-state index in [1.54, 1.807) is 35.7 Å². The van der Waals surface area contributed by atoms with Crippen LogP contribution >= 0.6 is 11.3 Å². The van der Waals surface area contributed by atoms with Crippen LogP contribution in [0.5, 0.6) is 5.75 Å². The fraction of sp³-hybridized carbons (Fsp3) is 0.278. The van der Waals surface area contributed by atoms with Crippen LogP contribution in [0.2, 0.25) is 0 Å². The first-order valence-electron chi connectivity index (χ1n) is 8.06. The average molecular weight is 374 g/mol. The van der Waals surface area contributed by atoms with E-state index in [1.165, 1.54) is 18.4 Å². The van der Waals surface area contributed by atoms with E-state index in [2.05, 4.69) is 15.4 Å². The number of thiophene rings is 1. The molecule has 1 aliphatic carbocycles. The molecule has 1 fully saturated rings. The number of carbonyl (C=O) groups excluding carboxylic acids is 3. The van der Waals surface area contributed by atoms with Gasteiger partial charge in [-0.2, -0.15) is 0 Å². The molecule has 2 N–H and O–H groups in total. The first kappa shape index (κ1) is 17.9. The predicted molar refractivity (Wildman–Crippen MR) is 97.6 cm³/mol. The number of ether oxygens (including phenoxy) is 2. The summed E-state index contributed by atoms with van der Waals surface area (Å²) in [6.07, 6.45) is 1.86. The summed E-state index contributed by atoms with van der Waals surface area (Å²) in [4.78, 5) is 35.8. The highest BCUT2D eigenvalue weighted by Crippen LogP contribution is 2.30. The number of rotatable bonds is 7. The smallest absolute Gasteiger partial charge is 0.350 e. The third-order valence-electron chi connectivity index (χ3n) is 3.73. The standard InChI is InChI=1S/C18H18N2O5S/c1-24-18(23)16-14(7-8-26-16)20-15(21)10-25-13-4-2-3-12(9-13)19-17(22)11-5-6-11/h2-4,7-9,11H,5-6,10H2,1H3,(H,19,22)(H,20,21). The highest BCUT2D eigenvalue weighted by Gasteiger charge is 2.29. The molecule has 2 aromatic rings. The second-order valence-electron chi connectivity index (χ2n) is 5.78. The minimum atomic E-state index is -0.504. The third kappa shape index (κ3) is 4.60. The minimum Gasteiger partial charge on any atom is -0.484 e. The van der Waals surface area contributed by atoms with Gasteiger partial charge in [0.2, 0.25) is 5.91 Å². The molecule has 136 valence electrons. The zero-order valence-electron chi connectivity index (χ0n) is 14.1. The number of benzene rings is 1. The minimum absolute atomic E-state index is 0.00712. The maximum atomic E-state index is 12.1. The van der Waals surface area contributed by atoms with Gasteiger partial charge in [-0.3, -0.25) is 9.59 Å². The van der Waals surface area contributed by atoms with E-state index in [0.29, 0.717) is 22.0 Å². The number of hydrogen-bond acceptors (Lipinski definition) is 6. The summed E-state index contributed by atoms with van der Waals surface area (Å²) in [5, 5.41) is 7.14. The molecule has 1 heterocycles. The lowest BCUT2D eigenvalue weighted by atomic mass is 10.3. The van der Waals surface area contributed by atoms with E-state index in [-0.39, 0.29) is 18.4 Å². The molecule has 0 radical (unpaired) electrons. The van der Waals surface area contributed by atoms with Crippen LogP contribution in [0.15, 0.2) is 35.7 Å². The maximum absolute atomic E-state index is 12.1. The summed E-state index contributed by atoms with van der Waals surface area (Å²) in [6, 6.07) is 8.50. The van der Waals surface area contributed by atoms with Gasteiger partial charge in [0.15, 0.2) is 6.61 Å². The van der Waals surface area contributed by atoms with Crippen molar-refractivity contribution in [2.45, 2.75) is 12.8 Å². The zero-order valence-corrected chi connectivity index (χ0v) is 14.9. The van der Waals surface area contributed by atoms with Crippen molar-refractivity contribution in [1.29, 1.82) is 0 Å². The fourth-order valence-corrected chi connectivity index (χ4v) is 3.01. The Kier molecular flexibility index (Phi) is 5.52. The zero-order chi connectivity index (χ0) is 18.5. The number of anilines is 2. The molecular weight excluding hydrogens is 356 g/mol. The van der Waals surface area contributed by atoms with Crippen LogP contribution in [0.4, 0.5) is 11.4 Å². The van der Waals surface area contributed by atoms with Crippen LogP contribution in [0.1, 0.15) is 22.5 Å². The normalized spacial score (nSPS) is 13.0. The van der Waals surface area contributed by atoms with Crippen molar-refractivity contribution in [1.82, 2.24) is 0 Å². The Labute approximate surface area is 154 Å². The van der Waals surface area contributed by atoms with Crippen LogP contribution < -0.4 is 15.4 Å². The summed E-state index contributed by atoms with van der Waals surface area (Å²) in [7, 11) is 1.28. The number of amides is 2. The van der Waals surface area contributed by atoms with E-state index >= 15 is 0 Å². The van der Waals surface area contributed by atoms with Crippen LogP contribution in [0, 0.1) is 5.92 Å². The Morgan fingerprint density at radius 3 is 2.73 bits per heavy atom. The highest BCUT2D eigenvalue weighted by molar-refractivity contribution is 7.12. The molecule has 0 aliphatic heterocycles. The van der Waals surface area contributed by atoms with Crippen molar-refractivity contribution in [3.63, 3.8) is 0 Å². The second kappa shape index (κ2) is 8.01. The summed E-state index contributed by atoms with van der Waals surface area (Å²) in [5.41, 5.74) is 1.02. The average Bonchev–Trinajstić information content (AvgIpc) is 3.40.